The average Bonchev–Trinajstić information content (AvgIpc) is 2.64. The molecule has 3 N–H and O–H groups in total. The van der Waals surface area contributed by atoms with Crippen LogP contribution in [-0.4, -0.2) is 47.9 Å². The van der Waals surface area contributed by atoms with Gasteiger partial charge in [-0.1, -0.05) is 25.4 Å². The van der Waals surface area contributed by atoms with Gasteiger partial charge in [0.05, 0.1) is 6.42 Å². The minimum atomic E-state index is -1.03. The Morgan fingerprint density at radius 2 is 1.93 bits per heavy atom. The van der Waals surface area contributed by atoms with E-state index in [4.69, 9.17) is 22.1 Å². The van der Waals surface area contributed by atoms with Crippen LogP contribution < -0.4 is 15.8 Å². The molecule has 0 aromatic heterocycles. The quantitative estimate of drug-likeness (QED) is 0.583. The van der Waals surface area contributed by atoms with Crippen molar-refractivity contribution in [2.45, 2.75) is 59.1 Å². The first-order chi connectivity index (χ1) is 13.2. The van der Waals surface area contributed by atoms with Crippen LogP contribution in [0.1, 0.15) is 45.6 Å². The summed E-state index contributed by atoms with van der Waals surface area (Å²) in [5, 5.41) is 3.28. The van der Waals surface area contributed by atoms with E-state index in [1.807, 2.05) is 20.8 Å². The van der Waals surface area contributed by atoms with Gasteiger partial charge >= 0.3 is 0 Å². The third-order valence-corrected chi connectivity index (χ3v) is 4.43. The number of halogens is 1. The largest absolute Gasteiger partial charge is 0.481 e. The van der Waals surface area contributed by atoms with Gasteiger partial charge in [-0.3, -0.25) is 14.4 Å². The predicted octanol–water partition coefficient (Wildman–Crippen LogP) is 2.42. The molecule has 2 unspecified atom stereocenters. The number of aryl methyl sites for hydroxylation is 1. The summed E-state index contributed by atoms with van der Waals surface area (Å²) in [6.45, 7) is 8.03. The first kappa shape index (κ1) is 23.8. The van der Waals surface area contributed by atoms with Crippen LogP contribution in [-0.2, 0) is 14.4 Å². The molecular weight excluding hydrogens is 382 g/mol. The van der Waals surface area contributed by atoms with Crippen molar-refractivity contribution < 1.29 is 19.1 Å². The van der Waals surface area contributed by atoms with E-state index >= 15 is 0 Å². The lowest BCUT2D eigenvalue weighted by Gasteiger charge is -2.31. The second-order valence-electron chi connectivity index (χ2n) is 6.67. The number of carbonyl (C=O) groups excluding carboxylic acids is 3. The lowest BCUT2D eigenvalue weighted by molar-refractivity contribution is -0.146. The Hall–Kier alpha value is -2.28. The Bertz CT molecular complexity index is 696. The van der Waals surface area contributed by atoms with Gasteiger partial charge in [-0.05, 0) is 50.5 Å². The highest BCUT2D eigenvalue weighted by atomic mass is 35.5. The second kappa shape index (κ2) is 11.5. The smallest absolute Gasteiger partial charge is 0.264 e. The van der Waals surface area contributed by atoms with Crippen molar-refractivity contribution >= 4 is 29.3 Å². The van der Waals surface area contributed by atoms with Crippen molar-refractivity contribution in [2.75, 3.05) is 13.1 Å². The summed E-state index contributed by atoms with van der Waals surface area (Å²) in [6.07, 6.45) is 0.356. The predicted molar refractivity (Wildman–Crippen MR) is 109 cm³/mol. The molecule has 0 spiro atoms. The molecule has 0 radical (unpaired) electrons. The molecule has 0 bridgehead atoms. The summed E-state index contributed by atoms with van der Waals surface area (Å²) in [5.41, 5.74) is 6.30. The van der Waals surface area contributed by atoms with E-state index in [9.17, 15) is 14.4 Å². The number of amides is 3. The van der Waals surface area contributed by atoms with Crippen LogP contribution in [0.25, 0.3) is 0 Å². The fourth-order valence-corrected chi connectivity index (χ4v) is 2.98. The average molecular weight is 412 g/mol. The molecule has 0 aliphatic carbocycles. The van der Waals surface area contributed by atoms with E-state index in [1.54, 1.807) is 25.1 Å². The van der Waals surface area contributed by atoms with Crippen LogP contribution in [0.5, 0.6) is 5.75 Å². The highest BCUT2D eigenvalue weighted by molar-refractivity contribution is 6.30. The molecule has 28 heavy (non-hydrogen) atoms. The molecule has 0 fully saturated rings. The number of primary amides is 1. The zero-order valence-electron chi connectivity index (χ0n) is 17.0. The Morgan fingerprint density at radius 3 is 2.46 bits per heavy atom. The molecule has 2 atom stereocenters. The van der Waals surface area contributed by atoms with E-state index < -0.39 is 24.0 Å². The molecule has 1 aromatic carbocycles. The number of rotatable bonds is 11. The van der Waals surface area contributed by atoms with Crippen molar-refractivity contribution in [3.05, 3.63) is 28.8 Å². The molecular formula is C20H30ClN3O4. The Kier molecular flexibility index (Phi) is 9.79. The van der Waals surface area contributed by atoms with Gasteiger partial charge in [0.25, 0.3) is 5.91 Å². The Labute approximate surface area is 171 Å². The van der Waals surface area contributed by atoms with Crippen molar-refractivity contribution in [3.63, 3.8) is 0 Å². The number of carbonyl (C=O) groups is 3. The normalized spacial score (nSPS) is 12.8. The highest BCUT2D eigenvalue weighted by Crippen LogP contribution is 2.23. The van der Waals surface area contributed by atoms with E-state index in [-0.39, 0.29) is 12.3 Å². The molecule has 1 aromatic rings. The number of nitrogens with zero attached hydrogens (tertiary/aromatic N) is 1. The Morgan fingerprint density at radius 1 is 1.25 bits per heavy atom. The van der Waals surface area contributed by atoms with Crippen molar-refractivity contribution in [3.8, 4) is 5.75 Å². The third kappa shape index (κ3) is 7.03. The summed E-state index contributed by atoms with van der Waals surface area (Å²) in [4.78, 5) is 38.4. The van der Waals surface area contributed by atoms with Gasteiger partial charge in [0.1, 0.15) is 11.8 Å². The van der Waals surface area contributed by atoms with Crippen LogP contribution in [0, 0.1) is 6.92 Å². The summed E-state index contributed by atoms with van der Waals surface area (Å²) in [5.74, 6) is -0.911. The minimum absolute atomic E-state index is 0.173. The van der Waals surface area contributed by atoms with Crippen LogP contribution in [0.15, 0.2) is 18.2 Å². The number of ether oxygens (including phenoxy) is 1. The zero-order chi connectivity index (χ0) is 21.3. The summed E-state index contributed by atoms with van der Waals surface area (Å²) < 4.78 is 5.79. The van der Waals surface area contributed by atoms with Crippen LogP contribution in [0.2, 0.25) is 5.02 Å². The number of hydrogen-bond acceptors (Lipinski definition) is 4. The van der Waals surface area contributed by atoms with Gasteiger partial charge in [0.2, 0.25) is 11.8 Å². The number of nitrogens with two attached hydrogens (primary N) is 1. The molecule has 8 heteroatoms. The zero-order valence-corrected chi connectivity index (χ0v) is 17.7. The monoisotopic (exact) mass is 411 g/mol. The molecule has 156 valence electrons. The Balaban J connectivity index is 2.96. The number of benzene rings is 1. The van der Waals surface area contributed by atoms with Crippen molar-refractivity contribution in [1.82, 2.24) is 10.2 Å². The molecule has 0 aliphatic heterocycles. The molecule has 3 amide bonds. The molecule has 7 nitrogen and oxygen atoms in total. The maximum Gasteiger partial charge on any atom is 0.264 e. The van der Waals surface area contributed by atoms with Gasteiger partial charge < -0.3 is 20.7 Å². The number of nitrogens with one attached hydrogen (secondary N) is 1. The lowest BCUT2D eigenvalue weighted by Crippen LogP contribution is -2.53. The van der Waals surface area contributed by atoms with E-state index in [1.165, 1.54) is 4.90 Å². The van der Waals surface area contributed by atoms with Gasteiger partial charge in [-0.2, -0.15) is 0 Å². The standard InChI is InChI=1S/C20H30ClN3O4/c1-5-9-23-18(25)12-16(19(22)26)24(10-6-2)20(27)14(4)28-17-8-7-15(21)11-13(17)3/h7-8,11,14,16H,5-6,9-10,12H2,1-4H3,(H2,22,26)(H,23,25). The van der Waals surface area contributed by atoms with Gasteiger partial charge in [0, 0.05) is 18.1 Å². The minimum Gasteiger partial charge on any atom is -0.481 e. The SMILES string of the molecule is CCCNC(=O)CC(C(N)=O)N(CCC)C(=O)C(C)Oc1ccc(Cl)cc1C. The van der Waals surface area contributed by atoms with Crippen LogP contribution in [0.4, 0.5) is 0 Å². The fraction of sp³-hybridized carbons (Fsp3) is 0.550. The van der Waals surface area contributed by atoms with Gasteiger partial charge in [-0.15, -0.1) is 0 Å². The second-order valence-corrected chi connectivity index (χ2v) is 7.11. The van der Waals surface area contributed by atoms with E-state index in [0.717, 1.165) is 12.0 Å². The van der Waals surface area contributed by atoms with E-state index in [0.29, 0.717) is 30.3 Å². The third-order valence-electron chi connectivity index (χ3n) is 4.19. The van der Waals surface area contributed by atoms with Crippen LogP contribution in [0.3, 0.4) is 0 Å². The van der Waals surface area contributed by atoms with Gasteiger partial charge in [0.15, 0.2) is 6.10 Å². The van der Waals surface area contributed by atoms with Crippen molar-refractivity contribution in [2.24, 2.45) is 5.73 Å². The summed E-state index contributed by atoms with van der Waals surface area (Å²) in [7, 11) is 0. The first-order valence-corrected chi connectivity index (χ1v) is 9.88. The number of hydrogen-bond donors (Lipinski definition) is 2. The maximum atomic E-state index is 13.0. The fourth-order valence-electron chi connectivity index (χ4n) is 2.76. The van der Waals surface area contributed by atoms with Gasteiger partial charge in [-0.25, -0.2) is 0 Å². The highest BCUT2D eigenvalue weighted by Gasteiger charge is 2.33. The van der Waals surface area contributed by atoms with Crippen LogP contribution >= 0.6 is 11.6 Å². The molecule has 0 aliphatic rings. The van der Waals surface area contributed by atoms with Crippen molar-refractivity contribution in [1.29, 1.82) is 0 Å². The molecule has 1 rings (SSSR count). The molecule has 0 heterocycles. The topological polar surface area (TPSA) is 102 Å². The first-order valence-electron chi connectivity index (χ1n) is 9.50. The lowest BCUT2D eigenvalue weighted by atomic mass is 10.1. The summed E-state index contributed by atoms with van der Waals surface area (Å²) in [6, 6.07) is 4.08. The van der Waals surface area contributed by atoms with E-state index in [2.05, 4.69) is 5.32 Å². The molecule has 0 saturated carbocycles. The summed E-state index contributed by atoms with van der Waals surface area (Å²) >= 11 is 5.95. The maximum absolute atomic E-state index is 13.0. The molecule has 0 saturated heterocycles.